The number of benzene rings is 3. The number of nitro benzene ring substituents is 1. The van der Waals surface area contributed by atoms with E-state index in [2.05, 4.69) is 19.9 Å². The second-order valence-corrected chi connectivity index (χ2v) is 9.24. The van der Waals surface area contributed by atoms with Gasteiger partial charge in [0, 0.05) is 23.8 Å². The fraction of sp³-hybridized carbons (Fsp3) is 0.241. The molecule has 10 nitrogen and oxygen atoms in total. The van der Waals surface area contributed by atoms with Crippen LogP contribution >= 0.6 is 0 Å². The fourth-order valence-corrected chi connectivity index (χ4v) is 4.01. The number of ether oxygens (including phenoxy) is 4. The van der Waals surface area contributed by atoms with Crippen LogP contribution in [0.25, 0.3) is 0 Å². The summed E-state index contributed by atoms with van der Waals surface area (Å²) in [6, 6.07) is 19.8. The maximum atomic E-state index is 12.4. The Labute approximate surface area is 225 Å². The zero-order valence-electron chi connectivity index (χ0n) is 21.5. The molecule has 0 aromatic heterocycles. The van der Waals surface area contributed by atoms with Crippen molar-refractivity contribution in [1.29, 1.82) is 5.26 Å². The maximum Gasteiger partial charge on any atom is 0.349 e. The second kappa shape index (κ2) is 12.0. The van der Waals surface area contributed by atoms with Crippen molar-refractivity contribution in [3.05, 3.63) is 99.4 Å². The molecule has 0 aliphatic carbocycles. The van der Waals surface area contributed by atoms with Crippen LogP contribution in [-0.2, 0) is 4.79 Å². The van der Waals surface area contributed by atoms with E-state index in [-0.39, 0.29) is 28.6 Å². The Morgan fingerprint density at radius 3 is 2.51 bits per heavy atom. The van der Waals surface area contributed by atoms with E-state index >= 15 is 0 Å². The van der Waals surface area contributed by atoms with E-state index in [4.69, 9.17) is 24.7 Å². The average molecular weight is 530 g/mol. The molecular formula is C29H27N3O7. The zero-order chi connectivity index (χ0) is 27.9. The summed E-state index contributed by atoms with van der Waals surface area (Å²) in [6.45, 7) is 4.42. The number of non-ortho nitro benzene ring substituents is 1. The molecule has 0 fully saturated rings. The molecule has 1 aliphatic heterocycles. The van der Waals surface area contributed by atoms with Gasteiger partial charge in [0.1, 0.15) is 34.6 Å². The van der Waals surface area contributed by atoms with Crippen molar-refractivity contribution in [3.8, 4) is 29.1 Å². The van der Waals surface area contributed by atoms with Crippen molar-refractivity contribution in [3.63, 3.8) is 0 Å². The lowest BCUT2D eigenvalue weighted by Crippen LogP contribution is -2.21. The highest BCUT2D eigenvalue weighted by Crippen LogP contribution is 2.44. The average Bonchev–Trinajstić information content (AvgIpc) is 2.91. The standard InChI is InChI=1S/C29H27N3O7/c1-18(2)12-13-36-22-5-3-4-19(14-22)28-24-11-10-23(15-26(24)39-29(31)25(28)16-30)38-27(33)17-37-21-8-6-20(7-9-21)32(34)35/h3-11,14-15,18,28H,12-13,17,31H2,1-2H3. The first-order valence-electron chi connectivity index (χ1n) is 12.3. The lowest BCUT2D eigenvalue weighted by atomic mass is 9.83. The van der Waals surface area contributed by atoms with E-state index < -0.39 is 23.4 Å². The number of carbonyl (C=O) groups excluding carboxylic acids is 1. The summed E-state index contributed by atoms with van der Waals surface area (Å²) in [5.74, 6) is 0.817. The maximum absolute atomic E-state index is 12.4. The van der Waals surface area contributed by atoms with Crippen LogP contribution in [0, 0.1) is 27.4 Å². The molecule has 4 rings (SSSR count). The Morgan fingerprint density at radius 2 is 1.82 bits per heavy atom. The summed E-state index contributed by atoms with van der Waals surface area (Å²) in [4.78, 5) is 22.6. The molecule has 0 bridgehead atoms. The summed E-state index contributed by atoms with van der Waals surface area (Å²) >= 11 is 0. The highest BCUT2D eigenvalue weighted by molar-refractivity contribution is 5.74. The van der Waals surface area contributed by atoms with Crippen molar-refractivity contribution in [2.75, 3.05) is 13.2 Å². The van der Waals surface area contributed by atoms with Crippen LogP contribution in [0.1, 0.15) is 37.3 Å². The SMILES string of the molecule is CC(C)CCOc1cccc(C2C(C#N)=C(N)Oc3cc(OC(=O)COc4ccc([N+](=O)[O-])cc4)ccc32)c1. The summed E-state index contributed by atoms with van der Waals surface area (Å²) in [6.07, 6.45) is 0.918. The molecule has 3 aromatic carbocycles. The molecule has 0 spiro atoms. The van der Waals surface area contributed by atoms with E-state index in [1.807, 2.05) is 24.3 Å². The normalized spacial score (nSPS) is 14.2. The molecular weight excluding hydrogens is 502 g/mol. The lowest BCUT2D eigenvalue weighted by molar-refractivity contribution is -0.384. The molecule has 0 amide bonds. The van der Waals surface area contributed by atoms with Gasteiger partial charge in [-0.05, 0) is 48.2 Å². The van der Waals surface area contributed by atoms with E-state index in [0.29, 0.717) is 29.6 Å². The van der Waals surface area contributed by atoms with Crippen molar-refractivity contribution in [2.45, 2.75) is 26.2 Å². The van der Waals surface area contributed by atoms with E-state index in [9.17, 15) is 20.2 Å². The summed E-state index contributed by atoms with van der Waals surface area (Å²) in [5.41, 5.74) is 7.78. The first-order chi connectivity index (χ1) is 18.7. The molecule has 200 valence electrons. The quantitative estimate of drug-likeness (QED) is 0.161. The van der Waals surface area contributed by atoms with E-state index in [1.54, 1.807) is 12.1 Å². The van der Waals surface area contributed by atoms with Crippen LogP contribution in [-0.4, -0.2) is 24.1 Å². The minimum Gasteiger partial charge on any atom is -0.494 e. The Hall–Kier alpha value is -5.04. The fourth-order valence-electron chi connectivity index (χ4n) is 4.01. The first-order valence-corrected chi connectivity index (χ1v) is 12.3. The molecule has 0 saturated carbocycles. The van der Waals surface area contributed by atoms with Gasteiger partial charge in [-0.15, -0.1) is 0 Å². The van der Waals surface area contributed by atoms with Crippen molar-refractivity contribution in [1.82, 2.24) is 0 Å². The molecule has 3 aromatic rings. The molecule has 1 atom stereocenters. The topological polar surface area (TPSA) is 147 Å². The number of fused-ring (bicyclic) bond motifs is 1. The molecule has 1 aliphatic rings. The first kappa shape index (κ1) is 27.0. The van der Waals surface area contributed by atoms with Crippen molar-refractivity contribution >= 4 is 11.7 Å². The molecule has 1 heterocycles. The van der Waals surface area contributed by atoms with Gasteiger partial charge in [-0.3, -0.25) is 10.1 Å². The van der Waals surface area contributed by atoms with Gasteiger partial charge in [0.15, 0.2) is 6.61 Å². The van der Waals surface area contributed by atoms with E-state index in [0.717, 1.165) is 12.0 Å². The summed E-state index contributed by atoms with van der Waals surface area (Å²) in [7, 11) is 0. The number of carbonyl (C=O) groups is 1. The van der Waals surface area contributed by atoms with Crippen molar-refractivity contribution in [2.24, 2.45) is 11.7 Å². The van der Waals surface area contributed by atoms with Gasteiger partial charge < -0.3 is 24.7 Å². The van der Waals surface area contributed by atoms with Crippen LogP contribution in [0.4, 0.5) is 5.69 Å². The predicted molar refractivity (Wildman–Crippen MR) is 141 cm³/mol. The summed E-state index contributed by atoms with van der Waals surface area (Å²) < 4.78 is 22.4. The number of nitrogens with two attached hydrogens (primary N) is 1. The molecule has 1 unspecified atom stereocenters. The number of allylic oxidation sites excluding steroid dienone is 1. The van der Waals surface area contributed by atoms with Crippen LogP contribution in [0.15, 0.2) is 78.2 Å². The van der Waals surface area contributed by atoms with Crippen molar-refractivity contribution < 1.29 is 28.7 Å². The molecule has 39 heavy (non-hydrogen) atoms. The number of nitro groups is 1. The second-order valence-electron chi connectivity index (χ2n) is 9.24. The number of rotatable bonds is 10. The van der Waals surface area contributed by atoms with Gasteiger partial charge in [-0.1, -0.05) is 32.0 Å². The van der Waals surface area contributed by atoms with Gasteiger partial charge >= 0.3 is 5.97 Å². The van der Waals surface area contributed by atoms with Gasteiger partial charge in [0.25, 0.3) is 5.69 Å². The number of nitriles is 1. The van der Waals surface area contributed by atoms with Gasteiger partial charge in [0.05, 0.1) is 17.4 Å². The Balaban J connectivity index is 1.49. The van der Waals surface area contributed by atoms with Gasteiger partial charge in [-0.2, -0.15) is 5.26 Å². The zero-order valence-corrected chi connectivity index (χ0v) is 21.5. The third-order valence-corrected chi connectivity index (χ3v) is 5.98. The van der Waals surface area contributed by atoms with Gasteiger partial charge in [-0.25, -0.2) is 4.79 Å². The monoisotopic (exact) mass is 529 g/mol. The Bertz CT molecular complexity index is 1440. The predicted octanol–water partition coefficient (Wildman–Crippen LogP) is 5.22. The number of hydrogen-bond donors (Lipinski definition) is 1. The minimum atomic E-state index is -0.687. The van der Waals surface area contributed by atoms with Crippen LogP contribution in [0.5, 0.6) is 23.0 Å². The smallest absolute Gasteiger partial charge is 0.349 e. The third-order valence-electron chi connectivity index (χ3n) is 5.98. The Kier molecular flexibility index (Phi) is 8.31. The minimum absolute atomic E-state index is 0.0360. The Morgan fingerprint density at radius 1 is 1.08 bits per heavy atom. The number of esters is 1. The lowest BCUT2D eigenvalue weighted by Gasteiger charge is -2.27. The molecule has 2 N–H and O–H groups in total. The molecule has 10 heteroatoms. The van der Waals surface area contributed by atoms with E-state index in [1.165, 1.54) is 30.3 Å². The number of hydrogen-bond acceptors (Lipinski definition) is 9. The highest BCUT2D eigenvalue weighted by Gasteiger charge is 2.31. The van der Waals surface area contributed by atoms with Gasteiger partial charge in [0.2, 0.25) is 5.88 Å². The molecule has 0 radical (unpaired) electrons. The largest absolute Gasteiger partial charge is 0.494 e. The van der Waals surface area contributed by atoms with Crippen LogP contribution in [0.2, 0.25) is 0 Å². The molecule has 0 saturated heterocycles. The number of nitrogens with zero attached hydrogens (tertiary/aromatic N) is 2. The highest BCUT2D eigenvalue weighted by atomic mass is 16.6. The van der Waals surface area contributed by atoms with Crippen LogP contribution in [0.3, 0.4) is 0 Å². The summed E-state index contributed by atoms with van der Waals surface area (Å²) in [5, 5.41) is 20.6. The third kappa shape index (κ3) is 6.64. The van der Waals surface area contributed by atoms with Crippen LogP contribution < -0.4 is 24.7 Å².